The van der Waals surface area contributed by atoms with Gasteiger partial charge in [0.15, 0.2) is 0 Å². The van der Waals surface area contributed by atoms with Crippen molar-refractivity contribution in [3.8, 4) is 12.0 Å². The van der Waals surface area contributed by atoms with Crippen molar-refractivity contribution < 1.29 is 0 Å². The third-order valence-electron chi connectivity index (χ3n) is 2.13. The molecule has 0 bridgehead atoms. The van der Waals surface area contributed by atoms with E-state index in [1.165, 1.54) is 12.8 Å². The van der Waals surface area contributed by atoms with Gasteiger partial charge in [0.2, 0.25) is 0 Å². The first-order chi connectivity index (χ1) is 5.64. The zero-order valence-electron chi connectivity index (χ0n) is 8.48. The van der Waals surface area contributed by atoms with Crippen molar-refractivity contribution >= 4 is 0 Å². The highest BCUT2D eigenvalue weighted by Crippen LogP contribution is 2.27. The van der Waals surface area contributed by atoms with Crippen LogP contribution in [-0.4, -0.2) is 18.0 Å². The maximum atomic E-state index is 3.20. The molecule has 0 aromatic heterocycles. The molecule has 0 radical (unpaired) electrons. The molecule has 1 heterocycles. The van der Waals surface area contributed by atoms with Gasteiger partial charge in [0.1, 0.15) is 0 Å². The highest BCUT2D eigenvalue weighted by molar-refractivity contribution is 5.05. The molecule has 0 saturated carbocycles. The summed E-state index contributed by atoms with van der Waals surface area (Å²) in [6.07, 6.45) is 3.55. The lowest BCUT2D eigenvalue weighted by molar-refractivity contribution is 0.0880. The van der Waals surface area contributed by atoms with Gasteiger partial charge < -0.3 is 4.90 Å². The Labute approximate surface area is 76.1 Å². The summed E-state index contributed by atoms with van der Waals surface area (Å²) in [5.41, 5.74) is 0.513. The molecule has 0 aliphatic carbocycles. The molecule has 0 aromatic rings. The fraction of sp³-hybridized carbons (Fsp3) is 0.818. The van der Waals surface area contributed by atoms with Crippen LogP contribution in [0.15, 0.2) is 0 Å². The van der Waals surface area contributed by atoms with Gasteiger partial charge in [-0.05, 0) is 6.42 Å². The largest absolute Gasteiger partial charge is 0.331 e. The van der Waals surface area contributed by atoms with E-state index in [0.717, 1.165) is 19.5 Å². The summed E-state index contributed by atoms with van der Waals surface area (Å²) in [6.45, 7) is 9.07. The molecule has 1 aliphatic heterocycles. The highest BCUT2D eigenvalue weighted by Gasteiger charge is 2.32. The molecule has 1 aliphatic rings. The van der Waals surface area contributed by atoms with Crippen LogP contribution < -0.4 is 0 Å². The van der Waals surface area contributed by atoms with E-state index in [-0.39, 0.29) is 0 Å². The van der Waals surface area contributed by atoms with Gasteiger partial charge >= 0.3 is 0 Å². The smallest absolute Gasteiger partial charge is 0.0329 e. The monoisotopic (exact) mass is 165 g/mol. The van der Waals surface area contributed by atoms with E-state index in [1.54, 1.807) is 0 Å². The van der Waals surface area contributed by atoms with Gasteiger partial charge in [-0.15, -0.1) is 0 Å². The van der Waals surface area contributed by atoms with Crippen molar-refractivity contribution in [2.45, 2.75) is 40.0 Å². The summed E-state index contributed by atoms with van der Waals surface area (Å²) in [6, 6.07) is 3.19. The van der Waals surface area contributed by atoms with Crippen LogP contribution in [0.25, 0.3) is 0 Å². The molecule has 0 spiro atoms. The predicted molar refractivity (Wildman–Crippen MR) is 52.7 cm³/mol. The molecular formula is C11H19N. The van der Waals surface area contributed by atoms with Crippen LogP contribution in [0.1, 0.15) is 40.0 Å². The Balaban J connectivity index is 2.12. The average molecular weight is 165 g/mol. The van der Waals surface area contributed by atoms with Crippen molar-refractivity contribution in [3.63, 3.8) is 0 Å². The Hall–Kier alpha value is -0.640. The minimum absolute atomic E-state index is 0.513. The third-order valence-corrected chi connectivity index (χ3v) is 2.13. The van der Waals surface area contributed by atoms with Crippen LogP contribution in [0.2, 0.25) is 0 Å². The number of rotatable bonds is 2. The summed E-state index contributed by atoms with van der Waals surface area (Å²) in [7, 11) is 0. The van der Waals surface area contributed by atoms with E-state index in [1.807, 2.05) is 0 Å². The van der Waals surface area contributed by atoms with Crippen LogP contribution in [0.5, 0.6) is 0 Å². The second kappa shape index (κ2) is 3.85. The van der Waals surface area contributed by atoms with E-state index in [9.17, 15) is 0 Å². The second-order valence-corrected chi connectivity index (χ2v) is 4.41. The van der Waals surface area contributed by atoms with Gasteiger partial charge in [0.05, 0.1) is 0 Å². The van der Waals surface area contributed by atoms with E-state index in [0.29, 0.717) is 5.41 Å². The molecule has 0 N–H and O–H groups in total. The van der Waals surface area contributed by atoms with Crippen LogP contribution in [0, 0.1) is 17.4 Å². The van der Waals surface area contributed by atoms with E-state index >= 15 is 0 Å². The molecular weight excluding hydrogens is 146 g/mol. The van der Waals surface area contributed by atoms with Crippen molar-refractivity contribution in [1.29, 1.82) is 0 Å². The minimum Gasteiger partial charge on any atom is -0.331 e. The van der Waals surface area contributed by atoms with Crippen LogP contribution in [0.4, 0.5) is 0 Å². The molecule has 1 rings (SSSR count). The quantitative estimate of drug-likeness (QED) is 0.449. The van der Waals surface area contributed by atoms with Crippen LogP contribution in [0.3, 0.4) is 0 Å². The minimum atomic E-state index is 0.513. The fourth-order valence-electron chi connectivity index (χ4n) is 1.50. The molecule has 0 aromatic carbocycles. The maximum absolute atomic E-state index is 3.20. The van der Waals surface area contributed by atoms with Crippen molar-refractivity contribution in [2.24, 2.45) is 5.41 Å². The number of nitrogens with zero attached hydrogens (tertiary/aromatic N) is 1. The Morgan fingerprint density at radius 2 is 2.00 bits per heavy atom. The first-order valence-corrected chi connectivity index (χ1v) is 4.87. The van der Waals surface area contributed by atoms with Crippen molar-refractivity contribution in [1.82, 2.24) is 4.90 Å². The first kappa shape index (κ1) is 9.45. The highest BCUT2D eigenvalue weighted by atomic mass is 15.2. The molecule has 12 heavy (non-hydrogen) atoms. The van der Waals surface area contributed by atoms with Gasteiger partial charge in [-0.2, -0.15) is 0 Å². The van der Waals surface area contributed by atoms with Gasteiger partial charge in [-0.3, -0.25) is 0 Å². The number of unbranched alkanes of at least 4 members (excludes halogenated alkanes) is 2. The standard InChI is InChI=1S/C11H19N/c1-4-5-6-7-8-12-9-11(2,3)10-12/h4-6,9-10H2,1-3H3. The van der Waals surface area contributed by atoms with Crippen molar-refractivity contribution in [3.05, 3.63) is 0 Å². The Bertz CT molecular complexity index is 187. The molecule has 68 valence electrons. The van der Waals surface area contributed by atoms with Crippen LogP contribution in [-0.2, 0) is 0 Å². The zero-order chi connectivity index (χ0) is 9.03. The van der Waals surface area contributed by atoms with Gasteiger partial charge in [0.25, 0.3) is 0 Å². The lowest BCUT2D eigenvalue weighted by Gasteiger charge is -2.43. The lowest BCUT2D eigenvalue weighted by atomic mass is 9.85. The Kier molecular flexibility index (Phi) is 3.03. The Morgan fingerprint density at radius 3 is 2.50 bits per heavy atom. The fourth-order valence-corrected chi connectivity index (χ4v) is 1.50. The van der Waals surface area contributed by atoms with Gasteiger partial charge in [-0.1, -0.05) is 33.1 Å². The van der Waals surface area contributed by atoms with E-state index < -0.39 is 0 Å². The average Bonchev–Trinajstić information content (AvgIpc) is 1.94. The summed E-state index contributed by atoms with van der Waals surface area (Å²) < 4.78 is 0. The van der Waals surface area contributed by atoms with Gasteiger partial charge in [0, 0.05) is 31.0 Å². The molecule has 0 atom stereocenters. The molecule has 0 amide bonds. The first-order valence-electron chi connectivity index (χ1n) is 4.87. The lowest BCUT2D eigenvalue weighted by Crippen LogP contribution is -2.50. The zero-order valence-corrected chi connectivity index (χ0v) is 8.48. The molecule has 0 unspecified atom stereocenters. The second-order valence-electron chi connectivity index (χ2n) is 4.41. The summed E-state index contributed by atoms with van der Waals surface area (Å²) >= 11 is 0. The Morgan fingerprint density at radius 1 is 1.33 bits per heavy atom. The van der Waals surface area contributed by atoms with Crippen molar-refractivity contribution in [2.75, 3.05) is 13.1 Å². The number of hydrogen-bond acceptors (Lipinski definition) is 1. The third kappa shape index (κ3) is 2.77. The molecule has 1 nitrogen and oxygen atoms in total. The summed E-state index contributed by atoms with van der Waals surface area (Å²) in [4.78, 5) is 2.22. The molecule has 1 heteroatoms. The normalized spacial score (nSPS) is 19.4. The summed E-state index contributed by atoms with van der Waals surface area (Å²) in [5, 5.41) is 0. The maximum Gasteiger partial charge on any atom is 0.0329 e. The van der Waals surface area contributed by atoms with E-state index in [4.69, 9.17) is 0 Å². The molecule has 1 fully saturated rings. The van der Waals surface area contributed by atoms with E-state index in [2.05, 4.69) is 37.6 Å². The predicted octanol–water partition coefficient (Wildman–Crippen LogP) is 2.48. The topological polar surface area (TPSA) is 3.24 Å². The van der Waals surface area contributed by atoms with Crippen LogP contribution >= 0.6 is 0 Å². The number of hydrogen-bond donors (Lipinski definition) is 0. The summed E-state index contributed by atoms with van der Waals surface area (Å²) in [5.74, 6) is 3.20. The SMILES string of the molecule is CCCCC#CN1CC(C)(C)C1. The number of likely N-dealkylation sites (tertiary alicyclic amines) is 1. The molecule has 1 saturated heterocycles. The van der Waals surface area contributed by atoms with Gasteiger partial charge in [-0.25, -0.2) is 0 Å².